The van der Waals surface area contributed by atoms with Crippen molar-refractivity contribution in [2.24, 2.45) is 5.41 Å². The summed E-state index contributed by atoms with van der Waals surface area (Å²) in [7, 11) is 1.77. The van der Waals surface area contributed by atoms with E-state index in [9.17, 15) is 13.2 Å². The van der Waals surface area contributed by atoms with Gasteiger partial charge in [-0.1, -0.05) is 20.8 Å². The molecule has 2 aliphatic heterocycles. The highest BCUT2D eigenvalue weighted by Gasteiger charge is 2.52. The van der Waals surface area contributed by atoms with Gasteiger partial charge in [0.05, 0.1) is 36.7 Å². The second kappa shape index (κ2) is 13.0. The molecule has 10 nitrogen and oxygen atoms in total. The molecule has 1 saturated carbocycles. The lowest BCUT2D eigenvalue weighted by atomic mass is 9.71. The number of aromatic nitrogens is 4. The zero-order valence-electron chi connectivity index (χ0n) is 25.3. The Kier molecular flexibility index (Phi) is 9.79. The molecule has 2 bridgehead atoms. The summed E-state index contributed by atoms with van der Waals surface area (Å²) in [5.41, 5.74) is 2.63. The van der Waals surface area contributed by atoms with Crippen LogP contribution in [-0.2, 0) is 10.9 Å². The number of rotatable bonds is 11. The van der Waals surface area contributed by atoms with E-state index in [0.717, 1.165) is 25.8 Å². The number of halogens is 4. The first-order valence-corrected chi connectivity index (χ1v) is 14.5. The van der Waals surface area contributed by atoms with Crippen molar-refractivity contribution in [2.45, 2.75) is 72.3 Å². The van der Waals surface area contributed by atoms with E-state index in [1.807, 2.05) is 20.8 Å². The highest BCUT2D eigenvalue weighted by molar-refractivity contribution is 5.96. The van der Waals surface area contributed by atoms with Gasteiger partial charge in [0.1, 0.15) is 28.2 Å². The summed E-state index contributed by atoms with van der Waals surface area (Å²) < 4.78 is 76.6. The number of hydrogen-bond acceptors (Lipinski definition) is 10. The third kappa shape index (κ3) is 6.69. The lowest BCUT2D eigenvalue weighted by Gasteiger charge is -2.34. The van der Waals surface area contributed by atoms with Crippen LogP contribution in [0.2, 0.25) is 0 Å². The molecule has 1 atom stereocenters. The Morgan fingerprint density at radius 1 is 1.16 bits per heavy atom. The number of nitrogens with zero attached hydrogens (tertiary/aromatic N) is 4. The topological polar surface area (TPSA) is 129 Å². The molecule has 2 saturated heterocycles. The van der Waals surface area contributed by atoms with Crippen molar-refractivity contribution in [3.8, 4) is 23.1 Å². The average molecular weight is 610 g/mol. The third-order valence-electron chi connectivity index (χ3n) is 7.50. The Morgan fingerprint density at radius 2 is 1.88 bits per heavy atom. The number of alkyl halides is 3. The quantitative estimate of drug-likeness (QED) is 0.189. The number of nitrogens with one attached hydrogen (secondary N) is 2. The number of fused-ring (bicyclic) bond motifs is 2. The fraction of sp³-hybridized carbons (Fsp3) is 0.586. The number of anilines is 2. The molecule has 43 heavy (non-hydrogen) atoms. The number of nitrogen functional groups attached to an aromatic ring is 1. The molecular formula is C29H39F4N7O3. The normalized spacial score (nSPS) is 19.8. The molecule has 4 N–H and O–H groups in total. The van der Waals surface area contributed by atoms with Crippen LogP contribution >= 0.6 is 0 Å². The Labute approximate surface area is 248 Å². The fourth-order valence-corrected chi connectivity index (χ4v) is 5.21. The minimum absolute atomic E-state index is 0.0911. The smallest absolute Gasteiger partial charge is 0.418 e. The summed E-state index contributed by atoms with van der Waals surface area (Å²) in [5, 5.41) is 6.23. The van der Waals surface area contributed by atoms with Crippen molar-refractivity contribution < 1.29 is 31.8 Å². The maximum atomic E-state index is 16.4. The zero-order chi connectivity index (χ0) is 31.5. The van der Waals surface area contributed by atoms with E-state index < -0.39 is 40.6 Å². The molecule has 0 amide bonds. The largest absolute Gasteiger partial charge is 0.474 e. The molecule has 0 spiro atoms. The van der Waals surface area contributed by atoms with Gasteiger partial charge >= 0.3 is 12.2 Å². The van der Waals surface area contributed by atoms with Crippen LogP contribution in [0.4, 0.5) is 29.2 Å². The minimum atomic E-state index is -4.86. The van der Waals surface area contributed by atoms with Gasteiger partial charge in [-0.3, -0.25) is 0 Å². The van der Waals surface area contributed by atoms with E-state index in [2.05, 4.69) is 30.6 Å². The van der Waals surface area contributed by atoms with E-state index >= 15 is 4.39 Å². The van der Waals surface area contributed by atoms with Gasteiger partial charge in [0.2, 0.25) is 5.88 Å². The van der Waals surface area contributed by atoms with Crippen LogP contribution in [0.5, 0.6) is 11.9 Å². The fourth-order valence-electron chi connectivity index (χ4n) is 5.21. The SMILES string of the molecule is CC.CCC(C)Oc1nc(-c2cc(N)nc(C)c2C(F)(F)F)c(F)c2nc(OCC34COC(C3)C4)nc(NCCNC)c12. The second-order valence-electron chi connectivity index (χ2n) is 10.7. The van der Waals surface area contributed by atoms with Gasteiger partial charge in [-0.25, -0.2) is 14.4 Å². The summed E-state index contributed by atoms with van der Waals surface area (Å²) in [5.74, 6) is -1.24. The van der Waals surface area contributed by atoms with Gasteiger partial charge in [-0.2, -0.15) is 23.1 Å². The predicted molar refractivity (Wildman–Crippen MR) is 156 cm³/mol. The van der Waals surface area contributed by atoms with Gasteiger partial charge < -0.3 is 30.6 Å². The molecular weight excluding hydrogens is 570 g/mol. The zero-order valence-corrected chi connectivity index (χ0v) is 25.3. The summed E-state index contributed by atoms with van der Waals surface area (Å²) in [6, 6.07) is 0.832. The summed E-state index contributed by atoms with van der Waals surface area (Å²) >= 11 is 0. The molecule has 3 fully saturated rings. The summed E-state index contributed by atoms with van der Waals surface area (Å²) in [4.78, 5) is 16.9. The molecule has 0 aromatic carbocycles. The third-order valence-corrected chi connectivity index (χ3v) is 7.50. The summed E-state index contributed by atoms with van der Waals surface area (Å²) in [6.45, 7) is 10.6. The average Bonchev–Trinajstić information content (AvgIpc) is 3.55. The van der Waals surface area contributed by atoms with E-state index in [1.165, 1.54) is 0 Å². The van der Waals surface area contributed by atoms with Crippen molar-refractivity contribution >= 4 is 22.5 Å². The number of likely N-dealkylation sites (N-methyl/N-ethyl adjacent to an activating group) is 1. The predicted octanol–water partition coefficient (Wildman–Crippen LogP) is 5.53. The molecule has 5 heterocycles. The highest BCUT2D eigenvalue weighted by atomic mass is 19.4. The Morgan fingerprint density at radius 3 is 2.49 bits per heavy atom. The number of aryl methyl sites for hydroxylation is 1. The molecule has 14 heteroatoms. The molecule has 3 aromatic rings. The molecule has 0 radical (unpaired) electrons. The lowest BCUT2D eigenvalue weighted by Crippen LogP contribution is -2.38. The first-order valence-electron chi connectivity index (χ1n) is 14.5. The van der Waals surface area contributed by atoms with Crippen molar-refractivity contribution in [3.05, 3.63) is 23.1 Å². The first-order chi connectivity index (χ1) is 20.4. The van der Waals surface area contributed by atoms with Crippen molar-refractivity contribution in [1.29, 1.82) is 0 Å². The van der Waals surface area contributed by atoms with Gasteiger partial charge in [-0.15, -0.1) is 0 Å². The van der Waals surface area contributed by atoms with Crippen molar-refractivity contribution in [3.63, 3.8) is 0 Å². The van der Waals surface area contributed by atoms with Crippen LogP contribution in [0.15, 0.2) is 6.07 Å². The van der Waals surface area contributed by atoms with E-state index in [4.69, 9.17) is 19.9 Å². The highest BCUT2D eigenvalue weighted by Crippen LogP contribution is 2.50. The second-order valence-corrected chi connectivity index (χ2v) is 10.7. The van der Waals surface area contributed by atoms with Crippen LogP contribution in [0.3, 0.4) is 0 Å². The summed E-state index contributed by atoms with van der Waals surface area (Å²) in [6.07, 6.45) is -2.77. The Hall–Kier alpha value is -3.52. The molecule has 3 aliphatic rings. The van der Waals surface area contributed by atoms with Gasteiger partial charge in [-0.05, 0) is 46.2 Å². The van der Waals surface area contributed by atoms with Gasteiger partial charge in [0.25, 0.3) is 0 Å². The van der Waals surface area contributed by atoms with Crippen LogP contribution in [-0.4, -0.2) is 65.5 Å². The van der Waals surface area contributed by atoms with Gasteiger partial charge in [0, 0.05) is 24.1 Å². The van der Waals surface area contributed by atoms with E-state index in [-0.39, 0.29) is 52.6 Å². The van der Waals surface area contributed by atoms with Crippen LogP contribution in [0.1, 0.15) is 58.2 Å². The monoisotopic (exact) mass is 609 g/mol. The first kappa shape index (κ1) is 32.4. The lowest BCUT2D eigenvalue weighted by molar-refractivity contribution is -0.137. The maximum absolute atomic E-state index is 16.4. The molecule has 236 valence electrons. The molecule has 1 aliphatic carbocycles. The van der Waals surface area contributed by atoms with E-state index in [1.54, 1.807) is 14.0 Å². The Balaban J connectivity index is 0.00000207. The van der Waals surface area contributed by atoms with Crippen molar-refractivity contribution in [2.75, 3.05) is 44.4 Å². The van der Waals surface area contributed by atoms with Crippen molar-refractivity contribution in [1.82, 2.24) is 25.3 Å². The Bertz CT molecular complexity index is 1440. The standard InChI is InChI=1S/C27H33F4N7O3.C2H6/c1-5-13(2)41-24-18-22(20(28)21(36-24)16-8-17(32)35-14(3)19(16)27(29,30)31)37-25(38-23(18)34-7-6-33-4)40-12-26-9-15(10-26)39-11-26;1-2/h8,13,15,33H,5-7,9-12H2,1-4H3,(H2,32,35)(H,34,37,38);1-2H3. The van der Waals surface area contributed by atoms with Crippen LogP contribution in [0.25, 0.3) is 22.2 Å². The molecule has 1 unspecified atom stereocenters. The van der Waals surface area contributed by atoms with Gasteiger partial charge in [0.15, 0.2) is 5.82 Å². The molecule has 3 aromatic heterocycles. The van der Waals surface area contributed by atoms with E-state index in [0.29, 0.717) is 26.1 Å². The number of hydrogen-bond donors (Lipinski definition) is 3. The minimum Gasteiger partial charge on any atom is -0.474 e. The number of ether oxygens (including phenoxy) is 3. The van der Waals surface area contributed by atoms with Crippen LogP contribution < -0.4 is 25.8 Å². The number of nitrogens with two attached hydrogens (primary N) is 1. The molecule has 6 rings (SSSR count). The number of pyridine rings is 2. The maximum Gasteiger partial charge on any atom is 0.418 e. The van der Waals surface area contributed by atoms with Crippen LogP contribution in [0, 0.1) is 18.2 Å².